The molecule has 5 heteroatoms. The van der Waals surface area contributed by atoms with Crippen molar-refractivity contribution in [2.75, 3.05) is 26.2 Å². The van der Waals surface area contributed by atoms with E-state index in [1.54, 1.807) is 0 Å². The standard InChI is InChI=1S/C23H33N3O2/c1-3-19-15-26(12-11-23(19)24-2)16-21(27)17-28-22-10-6-7-18(13-22)14-25-20-8-4-5-9-20/h3,6-7,10,13,20-21,25,27H,1-2,4-5,8-9,11-12,14-17H2. The molecule has 0 bridgehead atoms. The van der Waals surface area contributed by atoms with E-state index in [9.17, 15) is 5.11 Å². The Bertz CT molecular complexity index is 695. The van der Waals surface area contributed by atoms with Crippen LogP contribution in [0, 0.1) is 0 Å². The summed E-state index contributed by atoms with van der Waals surface area (Å²) in [7, 11) is 0. The second-order valence-corrected chi connectivity index (χ2v) is 7.79. The van der Waals surface area contributed by atoms with Gasteiger partial charge in [0.1, 0.15) is 18.5 Å². The fourth-order valence-corrected chi connectivity index (χ4v) is 4.04. The number of aliphatic hydroxyl groups excluding tert-OH is 1. The third-order valence-electron chi connectivity index (χ3n) is 5.63. The third kappa shape index (κ3) is 6.03. The van der Waals surface area contributed by atoms with Gasteiger partial charge in [-0.2, -0.15) is 0 Å². The monoisotopic (exact) mass is 383 g/mol. The summed E-state index contributed by atoms with van der Waals surface area (Å²) in [5.74, 6) is 0.813. The van der Waals surface area contributed by atoms with Gasteiger partial charge in [-0.3, -0.25) is 9.89 Å². The van der Waals surface area contributed by atoms with Crippen LogP contribution in [0.25, 0.3) is 0 Å². The average Bonchev–Trinajstić information content (AvgIpc) is 3.24. The van der Waals surface area contributed by atoms with Crippen LogP contribution in [-0.2, 0) is 6.54 Å². The Morgan fingerprint density at radius 3 is 2.93 bits per heavy atom. The zero-order chi connectivity index (χ0) is 19.8. The molecule has 5 nitrogen and oxygen atoms in total. The first-order valence-electron chi connectivity index (χ1n) is 10.3. The summed E-state index contributed by atoms with van der Waals surface area (Å²) in [5, 5.41) is 14.0. The molecule has 3 rings (SSSR count). The van der Waals surface area contributed by atoms with Gasteiger partial charge in [-0.1, -0.05) is 37.6 Å². The highest BCUT2D eigenvalue weighted by Gasteiger charge is 2.19. The molecule has 2 N–H and O–H groups in total. The second kappa shape index (κ2) is 10.6. The van der Waals surface area contributed by atoms with E-state index in [4.69, 9.17) is 4.74 Å². The first kappa shape index (κ1) is 20.8. The molecule has 1 fully saturated rings. The molecule has 0 amide bonds. The van der Waals surface area contributed by atoms with Crippen molar-refractivity contribution in [3.8, 4) is 5.75 Å². The molecule has 0 saturated heterocycles. The van der Waals surface area contributed by atoms with Crippen LogP contribution in [0.2, 0.25) is 0 Å². The second-order valence-electron chi connectivity index (χ2n) is 7.79. The van der Waals surface area contributed by atoms with Gasteiger partial charge in [-0.15, -0.1) is 0 Å². The molecule has 28 heavy (non-hydrogen) atoms. The van der Waals surface area contributed by atoms with Gasteiger partial charge in [0, 0.05) is 44.3 Å². The number of nitrogens with one attached hydrogen (secondary N) is 1. The molecular formula is C23H33N3O2. The van der Waals surface area contributed by atoms with Gasteiger partial charge in [-0.05, 0) is 42.8 Å². The number of aliphatic imine (C=N–C) groups is 1. The maximum absolute atomic E-state index is 10.4. The number of β-amino-alcohol motifs (C(OH)–C–C–N with tert-alkyl or cyclic N) is 1. The highest BCUT2D eigenvalue weighted by atomic mass is 16.5. The summed E-state index contributed by atoms with van der Waals surface area (Å²) in [6.07, 6.45) is 7.39. The predicted octanol–water partition coefficient (Wildman–Crippen LogP) is 3.30. The Morgan fingerprint density at radius 2 is 2.18 bits per heavy atom. The van der Waals surface area contributed by atoms with Crippen molar-refractivity contribution in [3.05, 3.63) is 53.8 Å². The van der Waals surface area contributed by atoms with Crippen molar-refractivity contribution in [3.63, 3.8) is 0 Å². The van der Waals surface area contributed by atoms with Gasteiger partial charge < -0.3 is 15.2 Å². The Hall–Kier alpha value is -1.95. The number of rotatable bonds is 10. The van der Waals surface area contributed by atoms with E-state index in [1.165, 1.54) is 31.2 Å². The number of nitrogens with zero attached hydrogens (tertiary/aromatic N) is 2. The van der Waals surface area contributed by atoms with Crippen molar-refractivity contribution in [1.29, 1.82) is 0 Å². The van der Waals surface area contributed by atoms with Crippen molar-refractivity contribution < 1.29 is 9.84 Å². The van der Waals surface area contributed by atoms with E-state index in [2.05, 4.69) is 40.6 Å². The molecule has 1 unspecified atom stereocenters. The fraction of sp³-hybridized carbons (Fsp3) is 0.522. The van der Waals surface area contributed by atoms with Crippen LogP contribution in [0.4, 0.5) is 0 Å². The molecule has 1 saturated carbocycles. The largest absolute Gasteiger partial charge is 0.491 e. The quantitative estimate of drug-likeness (QED) is 0.609. The third-order valence-corrected chi connectivity index (χ3v) is 5.63. The zero-order valence-corrected chi connectivity index (χ0v) is 16.8. The van der Waals surface area contributed by atoms with Gasteiger partial charge in [0.05, 0.1) is 0 Å². The van der Waals surface area contributed by atoms with Crippen LogP contribution < -0.4 is 10.1 Å². The minimum atomic E-state index is -0.537. The number of benzene rings is 1. The summed E-state index contributed by atoms with van der Waals surface area (Å²) < 4.78 is 5.85. The summed E-state index contributed by atoms with van der Waals surface area (Å²) in [4.78, 5) is 6.29. The van der Waals surface area contributed by atoms with E-state index in [1.807, 2.05) is 18.2 Å². The molecule has 0 spiro atoms. The van der Waals surface area contributed by atoms with Crippen molar-refractivity contribution in [2.24, 2.45) is 4.99 Å². The van der Waals surface area contributed by atoms with Gasteiger partial charge in [-0.25, -0.2) is 0 Å². The van der Waals surface area contributed by atoms with Gasteiger partial charge in [0.25, 0.3) is 0 Å². The summed E-state index contributed by atoms with van der Waals surface area (Å²) in [6.45, 7) is 10.8. The molecule has 1 atom stereocenters. The maximum Gasteiger partial charge on any atom is 0.119 e. The van der Waals surface area contributed by atoms with Crippen LogP contribution in [0.15, 0.2) is 53.2 Å². The number of aliphatic hydroxyl groups is 1. The molecule has 0 aromatic heterocycles. The Labute approximate surface area is 168 Å². The van der Waals surface area contributed by atoms with Crippen molar-refractivity contribution in [2.45, 2.75) is 50.8 Å². The van der Waals surface area contributed by atoms with Crippen LogP contribution in [0.3, 0.4) is 0 Å². The fourth-order valence-electron chi connectivity index (χ4n) is 4.04. The lowest BCUT2D eigenvalue weighted by molar-refractivity contribution is 0.0700. The van der Waals surface area contributed by atoms with E-state index < -0.39 is 6.10 Å². The molecular weight excluding hydrogens is 350 g/mol. The minimum Gasteiger partial charge on any atom is -0.491 e. The van der Waals surface area contributed by atoms with Crippen LogP contribution in [-0.4, -0.2) is 55.1 Å². The minimum absolute atomic E-state index is 0.287. The predicted molar refractivity (Wildman–Crippen MR) is 115 cm³/mol. The van der Waals surface area contributed by atoms with E-state index in [0.717, 1.165) is 43.1 Å². The first-order chi connectivity index (χ1) is 13.7. The Kier molecular flexibility index (Phi) is 7.83. The molecule has 1 aliphatic heterocycles. The lowest BCUT2D eigenvalue weighted by Crippen LogP contribution is -2.39. The molecule has 2 aliphatic rings. The highest BCUT2D eigenvalue weighted by Crippen LogP contribution is 2.21. The number of ether oxygens (including phenoxy) is 1. The summed E-state index contributed by atoms with van der Waals surface area (Å²) >= 11 is 0. The summed E-state index contributed by atoms with van der Waals surface area (Å²) in [6, 6.07) is 8.81. The Balaban J connectivity index is 1.43. The maximum atomic E-state index is 10.4. The lowest BCUT2D eigenvalue weighted by Gasteiger charge is -2.30. The molecule has 1 aromatic rings. The first-order valence-corrected chi connectivity index (χ1v) is 10.3. The number of hydrogen-bond acceptors (Lipinski definition) is 5. The van der Waals surface area contributed by atoms with Gasteiger partial charge >= 0.3 is 0 Å². The molecule has 152 valence electrons. The van der Waals surface area contributed by atoms with Crippen molar-refractivity contribution in [1.82, 2.24) is 10.2 Å². The molecule has 1 aromatic carbocycles. The van der Waals surface area contributed by atoms with Crippen molar-refractivity contribution >= 4 is 6.72 Å². The van der Waals surface area contributed by atoms with Crippen LogP contribution in [0.5, 0.6) is 5.75 Å². The van der Waals surface area contributed by atoms with E-state index >= 15 is 0 Å². The SMILES string of the molecule is C=CC1=C(N=C)CCN(CC(O)COc2cccc(CNC3CCCC3)c2)C1. The highest BCUT2D eigenvalue weighted by molar-refractivity contribution is 5.35. The average molecular weight is 384 g/mol. The van der Waals surface area contributed by atoms with Gasteiger partial charge in [0.15, 0.2) is 0 Å². The topological polar surface area (TPSA) is 57.1 Å². The normalized spacial score (nSPS) is 19.6. The zero-order valence-electron chi connectivity index (χ0n) is 16.8. The molecule has 1 heterocycles. The molecule has 1 aliphatic carbocycles. The van der Waals surface area contributed by atoms with Crippen LogP contribution >= 0.6 is 0 Å². The van der Waals surface area contributed by atoms with E-state index in [-0.39, 0.29) is 6.61 Å². The Morgan fingerprint density at radius 1 is 1.36 bits per heavy atom. The molecule has 0 radical (unpaired) electrons. The smallest absolute Gasteiger partial charge is 0.119 e. The van der Waals surface area contributed by atoms with Crippen LogP contribution in [0.1, 0.15) is 37.7 Å². The lowest BCUT2D eigenvalue weighted by atomic mass is 10.1. The number of hydrogen-bond donors (Lipinski definition) is 2. The summed E-state index contributed by atoms with van der Waals surface area (Å²) in [5.41, 5.74) is 3.33. The van der Waals surface area contributed by atoms with Gasteiger partial charge in [0.2, 0.25) is 0 Å². The van der Waals surface area contributed by atoms with E-state index in [0.29, 0.717) is 12.6 Å².